The molecule has 9 heteroatoms. The molecule has 0 radical (unpaired) electrons. The first kappa shape index (κ1) is 13.1. The molecule has 0 saturated heterocycles. The Kier molecular flexibility index (Phi) is 3.43. The van der Waals surface area contributed by atoms with E-state index in [-0.39, 0.29) is 18.1 Å². The highest BCUT2D eigenvalue weighted by Gasteiger charge is 2.23. The molecule has 1 atom stereocenters. The predicted octanol–water partition coefficient (Wildman–Crippen LogP) is 1.25. The quantitative estimate of drug-likeness (QED) is 0.648. The number of anilines is 1. The molecule has 106 valence electrons. The van der Waals surface area contributed by atoms with Crippen molar-refractivity contribution in [1.82, 2.24) is 19.5 Å². The number of nitrogens with one attached hydrogen (secondary N) is 1. The molecule has 1 aliphatic heterocycles. The van der Waals surface area contributed by atoms with Crippen LogP contribution in [0.25, 0.3) is 11.2 Å². The van der Waals surface area contributed by atoms with E-state index in [4.69, 9.17) is 26.3 Å². The highest BCUT2D eigenvalue weighted by molar-refractivity contribution is 6.28. The lowest BCUT2D eigenvalue weighted by molar-refractivity contribution is 0.0656. The van der Waals surface area contributed by atoms with Crippen molar-refractivity contribution in [2.45, 2.75) is 12.6 Å². The van der Waals surface area contributed by atoms with Crippen LogP contribution < -0.4 is 5.48 Å². The van der Waals surface area contributed by atoms with Gasteiger partial charge in [-0.05, 0) is 17.7 Å². The van der Waals surface area contributed by atoms with Crippen molar-refractivity contribution >= 4 is 28.6 Å². The molecule has 0 fully saturated rings. The lowest BCUT2D eigenvalue weighted by Gasteiger charge is -2.14. The van der Waals surface area contributed by atoms with Crippen molar-refractivity contribution < 1.29 is 14.7 Å². The van der Waals surface area contributed by atoms with Gasteiger partial charge >= 0.3 is 0 Å². The second-order valence-corrected chi connectivity index (χ2v) is 4.45. The third-order valence-corrected chi connectivity index (χ3v) is 3.06. The first-order chi connectivity index (χ1) is 9.72. The molecule has 3 rings (SSSR count). The first-order valence-corrected chi connectivity index (χ1v) is 6.26. The minimum absolute atomic E-state index is 0.0761. The Morgan fingerprint density at radius 3 is 3.15 bits per heavy atom. The number of ether oxygens (including phenoxy) is 1. The monoisotopic (exact) mass is 297 g/mol. The van der Waals surface area contributed by atoms with Gasteiger partial charge in [0, 0.05) is 6.42 Å². The summed E-state index contributed by atoms with van der Waals surface area (Å²) >= 11 is 5.90. The van der Waals surface area contributed by atoms with Crippen molar-refractivity contribution in [3.8, 4) is 0 Å². The Hall–Kier alpha value is -1.90. The van der Waals surface area contributed by atoms with E-state index in [1.807, 2.05) is 6.08 Å². The maximum absolute atomic E-state index is 9.06. The van der Waals surface area contributed by atoms with Crippen molar-refractivity contribution in [2.24, 2.45) is 0 Å². The summed E-state index contributed by atoms with van der Waals surface area (Å²) in [5.74, 6) is 0.918. The Morgan fingerprint density at radius 1 is 1.60 bits per heavy atom. The molecule has 2 aromatic heterocycles. The zero-order valence-electron chi connectivity index (χ0n) is 10.6. The Bertz CT molecular complexity index is 671. The molecule has 20 heavy (non-hydrogen) atoms. The smallest absolute Gasteiger partial charge is 0.226 e. The maximum atomic E-state index is 9.06. The number of nitrogens with zero attached hydrogens (tertiary/aromatic N) is 4. The Balaban J connectivity index is 2.01. The number of imidazole rings is 1. The molecule has 0 saturated carbocycles. The lowest BCUT2D eigenvalue weighted by atomic mass is 10.3. The maximum Gasteiger partial charge on any atom is 0.226 e. The zero-order chi connectivity index (χ0) is 14.1. The van der Waals surface area contributed by atoms with E-state index in [2.05, 4.69) is 20.4 Å². The fourth-order valence-corrected chi connectivity index (χ4v) is 2.21. The number of aromatic nitrogens is 4. The molecule has 0 unspecified atom stereocenters. The van der Waals surface area contributed by atoms with E-state index in [1.54, 1.807) is 10.9 Å². The second-order valence-electron chi connectivity index (χ2n) is 4.11. The number of hydrogen-bond acceptors (Lipinski definition) is 7. The molecule has 0 amide bonds. The standard InChI is InChI=1S/C11H12ClN5O3/c1-19-16-9-8-10(15-11(12)14-9)17(5-13-8)7-3-2-6(4-18)20-7/h2,5,7,18H,3-4H2,1H3,(H,14,15,16)/t7-/m1/s1. The molecule has 0 aliphatic carbocycles. The van der Waals surface area contributed by atoms with E-state index in [9.17, 15) is 0 Å². The van der Waals surface area contributed by atoms with Crippen LogP contribution in [0.5, 0.6) is 0 Å². The summed E-state index contributed by atoms with van der Waals surface area (Å²) in [6, 6.07) is 0. The van der Waals surface area contributed by atoms with Gasteiger partial charge in [0.15, 0.2) is 23.2 Å². The molecule has 0 aromatic carbocycles. The highest BCUT2D eigenvalue weighted by Crippen LogP contribution is 2.30. The first-order valence-electron chi connectivity index (χ1n) is 5.88. The van der Waals surface area contributed by atoms with Crippen molar-refractivity contribution in [2.75, 3.05) is 19.2 Å². The Morgan fingerprint density at radius 2 is 2.45 bits per heavy atom. The number of fused-ring (bicyclic) bond motifs is 1. The van der Waals surface area contributed by atoms with Gasteiger partial charge in [0.25, 0.3) is 0 Å². The minimum atomic E-state index is -0.302. The van der Waals surface area contributed by atoms with Gasteiger partial charge in [-0.2, -0.15) is 9.97 Å². The van der Waals surface area contributed by atoms with E-state index in [1.165, 1.54) is 7.11 Å². The van der Waals surface area contributed by atoms with Gasteiger partial charge in [-0.3, -0.25) is 9.40 Å². The van der Waals surface area contributed by atoms with Gasteiger partial charge in [-0.25, -0.2) is 10.5 Å². The van der Waals surface area contributed by atoms with Crippen molar-refractivity contribution in [3.05, 3.63) is 23.4 Å². The topological polar surface area (TPSA) is 94.3 Å². The van der Waals surface area contributed by atoms with Crippen LogP contribution in [-0.4, -0.2) is 38.3 Å². The average Bonchev–Trinajstić information content (AvgIpc) is 3.04. The highest BCUT2D eigenvalue weighted by atomic mass is 35.5. The van der Waals surface area contributed by atoms with E-state index in [0.29, 0.717) is 29.2 Å². The SMILES string of the molecule is CONc1nc(Cl)nc2c1ncn2[C@H]1CC=C(CO)O1. The molecule has 3 heterocycles. The van der Waals surface area contributed by atoms with Crippen LogP contribution >= 0.6 is 11.6 Å². The fourth-order valence-electron chi connectivity index (χ4n) is 2.04. The summed E-state index contributed by atoms with van der Waals surface area (Å²) in [6.45, 7) is -0.130. The van der Waals surface area contributed by atoms with Crippen LogP contribution in [0.15, 0.2) is 18.2 Å². The summed E-state index contributed by atoms with van der Waals surface area (Å²) in [4.78, 5) is 17.3. The molecule has 2 N–H and O–H groups in total. The van der Waals surface area contributed by atoms with Gasteiger partial charge in [0.2, 0.25) is 5.28 Å². The average molecular weight is 298 g/mol. The van der Waals surface area contributed by atoms with Crippen LogP contribution in [0.3, 0.4) is 0 Å². The normalized spacial score (nSPS) is 18.1. The molecular formula is C11H12ClN5O3. The number of aliphatic hydroxyl groups excluding tert-OH is 1. The summed E-state index contributed by atoms with van der Waals surface area (Å²) in [5, 5.41) is 9.14. The molecular weight excluding hydrogens is 286 g/mol. The largest absolute Gasteiger partial charge is 0.472 e. The second kappa shape index (κ2) is 5.23. The van der Waals surface area contributed by atoms with Gasteiger partial charge in [-0.1, -0.05) is 0 Å². The molecule has 1 aliphatic rings. The van der Waals surface area contributed by atoms with Crippen LogP contribution in [0.1, 0.15) is 12.6 Å². The number of halogens is 1. The minimum Gasteiger partial charge on any atom is -0.472 e. The zero-order valence-corrected chi connectivity index (χ0v) is 11.3. The number of aliphatic hydroxyl groups is 1. The van der Waals surface area contributed by atoms with Gasteiger partial charge in [0.05, 0.1) is 7.11 Å². The summed E-state index contributed by atoms with van der Waals surface area (Å²) in [7, 11) is 1.47. The fraction of sp³-hybridized carbons (Fsp3) is 0.364. The van der Waals surface area contributed by atoms with Gasteiger partial charge < -0.3 is 9.84 Å². The van der Waals surface area contributed by atoms with E-state index >= 15 is 0 Å². The summed E-state index contributed by atoms with van der Waals surface area (Å²) in [5.41, 5.74) is 3.67. The molecule has 0 bridgehead atoms. The number of rotatable bonds is 4. The molecule has 0 spiro atoms. The van der Waals surface area contributed by atoms with Crippen LogP contribution in [0, 0.1) is 0 Å². The molecule has 2 aromatic rings. The third-order valence-electron chi connectivity index (χ3n) is 2.89. The third kappa shape index (κ3) is 2.17. The van der Waals surface area contributed by atoms with Gasteiger partial charge in [0.1, 0.15) is 18.7 Å². The van der Waals surface area contributed by atoms with Crippen LogP contribution in [0.2, 0.25) is 5.28 Å². The van der Waals surface area contributed by atoms with Gasteiger partial charge in [-0.15, -0.1) is 0 Å². The van der Waals surface area contributed by atoms with Crippen LogP contribution in [0.4, 0.5) is 5.82 Å². The van der Waals surface area contributed by atoms with E-state index < -0.39 is 0 Å². The van der Waals surface area contributed by atoms with Crippen molar-refractivity contribution in [3.63, 3.8) is 0 Å². The number of hydrogen-bond donors (Lipinski definition) is 2. The summed E-state index contributed by atoms with van der Waals surface area (Å²) in [6.07, 6.45) is 3.74. The molecule has 8 nitrogen and oxygen atoms in total. The lowest BCUT2D eigenvalue weighted by Crippen LogP contribution is -2.09. The Labute approximate surface area is 119 Å². The predicted molar refractivity (Wildman–Crippen MR) is 70.9 cm³/mol. The van der Waals surface area contributed by atoms with Crippen molar-refractivity contribution in [1.29, 1.82) is 0 Å². The summed E-state index contributed by atoms with van der Waals surface area (Å²) < 4.78 is 7.32. The van der Waals surface area contributed by atoms with Crippen LogP contribution in [-0.2, 0) is 9.57 Å². The van der Waals surface area contributed by atoms with E-state index in [0.717, 1.165) is 0 Å².